The Bertz CT molecular complexity index is 922. The molecule has 6 nitrogen and oxygen atoms in total. The largest absolute Gasteiger partial charge is 0.466 e. The Balaban J connectivity index is 1.81. The number of hydrogen-bond acceptors (Lipinski definition) is 5. The third-order valence-electron chi connectivity index (χ3n) is 4.98. The van der Waals surface area contributed by atoms with E-state index in [1.807, 2.05) is 45.0 Å². The number of para-hydroxylation sites is 1. The van der Waals surface area contributed by atoms with E-state index in [9.17, 15) is 9.59 Å². The highest BCUT2D eigenvalue weighted by Gasteiger charge is 2.29. The van der Waals surface area contributed by atoms with Crippen LogP contribution < -0.4 is 0 Å². The Morgan fingerprint density at radius 2 is 1.86 bits per heavy atom. The van der Waals surface area contributed by atoms with Gasteiger partial charge in [-0.05, 0) is 62.8 Å². The Labute approximate surface area is 171 Å². The maximum atomic E-state index is 12.3. The van der Waals surface area contributed by atoms with Crippen molar-refractivity contribution < 1.29 is 19.1 Å². The molecule has 1 amide bonds. The summed E-state index contributed by atoms with van der Waals surface area (Å²) in [6.07, 6.45) is 4.56. The topological polar surface area (TPSA) is 68.7 Å². The first-order valence-electron chi connectivity index (χ1n) is 9.89. The number of piperidine rings is 1. The molecule has 154 valence electrons. The number of carbonyl (C=O) groups is 2. The van der Waals surface area contributed by atoms with Gasteiger partial charge in [-0.25, -0.2) is 9.59 Å². The van der Waals surface area contributed by atoms with Crippen molar-refractivity contribution in [2.24, 2.45) is 5.92 Å². The first-order valence-corrected chi connectivity index (χ1v) is 9.89. The predicted molar refractivity (Wildman–Crippen MR) is 112 cm³/mol. The fraction of sp³-hybridized carbons (Fsp3) is 0.435. The average molecular weight is 396 g/mol. The van der Waals surface area contributed by atoms with Crippen LogP contribution in [0.1, 0.15) is 39.2 Å². The lowest BCUT2D eigenvalue weighted by Gasteiger charge is -2.34. The standard InChI is InChI=1S/C23H28N2O4/c1-23(2,3)29-22(27)25-11-9-16(10-12-25)19(14-21(26)28-4)18-13-17-7-5-6-8-20(17)24-15-18/h5-8,13-16H,9-12H2,1-4H3/b19-14-. The Morgan fingerprint density at radius 3 is 2.52 bits per heavy atom. The van der Waals surface area contributed by atoms with Gasteiger partial charge < -0.3 is 14.4 Å². The number of fused-ring (bicyclic) bond motifs is 1. The minimum atomic E-state index is -0.513. The van der Waals surface area contributed by atoms with E-state index in [1.54, 1.807) is 17.2 Å². The van der Waals surface area contributed by atoms with Gasteiger partial charge in [0, 0.05) is 30.7 Å². The van der Waals surface area contributed by atoms with Crippen LogP contribution in [0.3, 0.4) is 0 Å². The summed E-state index contributed by atoms with van der Waals surface area (Å²) in [7, 11) is 1.38. The molecule has 1 saturated heterocycles. The molecule has 2 aromatic rings. The first-order chi connectivity index (χ1) is 13.8. The summed E-state index contributed by atoms with van der Waals surface area (Å²) in [5.74, 6) is -0.251. The van der Waals surface area contributed by atoms with Crippen molar-refractivity contribution in [2.45, 2.75) is 39.2 Å². The SMILES string of the molecule is COC(=O)/C=C(\c1cnc2ccccc2c1)C1CCN(C(=O)OC(C)(C)C)CC1. The van der Waals surface area contributed by atoms with Crippen molar-refractivity contribution >= 4 is 28.5 Å². The quantitative estimate of drug-likeness (QED) is 0.567. The summed E-state index contributed by atoms with van der Waals surface area (Å²) >= 11 is 0. The number of allylic oxidation sites excluding steroid dienone is 1. The van der Waals surface area contributed by atoms with Gasteiger partial charge >= 0.3 is 12.1 Å². The molecule has 0 aliphatic carbocycles. The number of ether oxygens (including phenoxy) is 2. The lowest BCUT2D eigenvalue weighted by atomic mass is 9.85. The van der Waals surface area contributed by atoms with Crippen LogP contribution in [0.5, 0.6) is 0 Å². The molecule has 29 heavy (non-hydrogen) atoms. The smallest absolute Gasteiger partial charge is 0.410 e. The van der Waals surface area contributed by atoms with Gasteiger partial charge in [-0.3, -0.25) is 4.98 Å². The molecule has 0 saturated carbocycles. The van der Waals surface area contributed by atoms with Crippen molar-refractivity contribution in [2.75, 3.05) is 20.2 Å². The second kappa shape index (κ2) is 8.64. The average Bonchev–Trinajstić information content (AvgIpc) is 2.70. The van der Waals surface area contributed by atoms with Gasteiger partial charge in [0.15, 0.2) is 0 Å². The number of hydrogen-bond donors (Lipinski definition) is 0. The van der Waals surface area contributed by atoms with E-state index in [2.05, 4.69) is 11.1 Å². The number of nitrogens with zero attached hydrogens (tertiary/aromatic N) is 2. The van der Waals surface area contributed by atoms with Crippen LogP contribution in [-0.4, -0.2) is 47.7 Å². The molecule has 0 bridgehead atoms. The Kier molecular flexibility index (Phi) is 6.20. The second-order valence-corrected chi connectivity index (χ2v) is 8.28. The Morgan fingerprint density at radius 1 is 1.17 bits per heavy atom. The van der Waals surface area contributed by atoms with Gasteiger partial charge in [0.25, 0.3) is 0 Å². The van der Waals surface area contributed by atoms with Crippen molar-refractivity contribution in [3.05, 3.63) is 48.2 Å². The van der Waals surface area contributed by atoms with Crippen LogP contribution in [0.4, 0.5) is 4.79 Å². The van der Waals surface area contributed by atoms with Crippen LogP contribution in [0, 0.1) is 5.92 Å². The second-order valence-electron chi connectivity index (χ2n) is 8.28. The maximum absolute atomic E-state index is 12.3. The van der Waals surface area contributed by atoms with E-state index in [0.717, 1.165) is 34.9 Å². The van der Waals surface area contributed by atoms with Gasteiger partial charge in [0.05, 0.1) is 12.6 Å². The van der Waals surface area contributed by atoms with Crippen LogP contribution in [0.15, 0.2) is 42.6 Å². The zero-order chi connectivity index (χ0) is 21.0. The number of likely N-dealkylation sites (tertiary alicyclic amines) is 1. The monoisotopic (exact) mass is 396 g/mol. The molecular formula is C23H28N2O4. The van der Waals surface area contributed by atoms with Crippen LogP contribution in [0.2, 0.25) is 0 Å². The third kappa shape index (κ3) is 5.34. The number of methoxy groups -OCH3 is 1. The van der Waals surface area contributed by atoms with Crippen LogP contribution in [-0.2, 0) is 14.3 Å². The van der Waals surface area contributed by atoms with Crippen LogP contribution >= 0.6 is 0 Å². The number of amides is 1. The number of benzene rings is 1. The molecule has 0 atom stereocenters. The number of aromatic nitrogens is 1. The zero-order valence-electron chi connectivity index (χ0n) is 17.5. The fourth-order valence-electron chi connectivity index (χ4n) is 3.55. The molecule has 3 rings (SSSR count). The number of rotatable bonds is 3. The molecule has 1 aliphatic heterocycles. The summed E-state index contributed by atoms with van der Waals surface area (Å²) in [5, 5.41) is 1.02. The Hall–Kier alpha value is -2.89. The van der Waals surface area contributed by atoms with Crippen molar-refractivity contribution in [3.8, 4) is 0 Å². The van der Waals surface area contributed by atoms with E-state index in [0.29, 0.717) is 13.1 Å². The summed E-state index contributed by atoms with van der Waals surface area (Å²) < 4.78 is 10.4. The lowest BCUT2D eigenvalue weighted by molar-refractivity contribution is -0.134. The van der Waals surface area contributed by atoms with Gasteiger partial charge in [0.1, 0.15) is 5.60 Å². The molecule has 1 aromatic carbocycles. The van der Waals surface area contributed by atoms with Gasteiger partial charge in [0.2, 0.25) is 0 Å². The number of carbonyl (C=O) groups excluding carboxylic acids is 2. The molecule has 0 radical (unpaired) electrons. The van der Waals surface area contributed by atoms with Gasteiger partial charge in [-0.2, -0.15) is 0 Å². The predicted octanol–water partition coefficient (Wildman–Crippen LogP) is 4.44. The summed E-state index contributed by atoms with van der Waals surface area (Å²) in [6.45, 7) is 6.75. The highest BCUT2D eigenvalue weighted by molar-refractivity contribution is 5.93. The van der Waals surface area contributed by atoms with Crippen LogP contribution in [0.25, 0.3) is 16.5 Å². The van der Waals surface area contributed by atoms with E-state index in [4.69, 9.17) is 9.47 Å². The van der Waals surface area contributed by atoms with Crippen molar-refractivity contribution in [1.82, 2.24) is 9.88 Å². The van der Waals surface area contributed by atoms with Crippen molar-refractivity contribution in [1.29, 1.82) is 0 Å². The summed E-state index contributed by atoms with van der Waals surface area (Å²) in [5.41, 5.74) is 2.21. The molecule has 2 heterocycles. The molecule has 0 N–H and O–H groups in total. The third-order valence-corrected chi connectivity index (χ3v) is 4.98. The highest BCUT2D eigenvalue weighted by Crippen LogP contribution is 2.33. The summed E-state index contributed by atoms with van der Waals surface area (Å²) in [4.78, 5) is 30.6. The molecule has 6 heteroatoms. The minimum absolute atomic E-state index is 0.135. The van der Waals surface area contributed by atoms with Gasteiger partial charge in [-0.1, -0.05) is 18.2 Å². The van der Waals surface area contributed by atoms with Gasteiger partial charge in [-0.15, -0.1) is 0 Å². The molecular weight excluding hydrogens is 368 g/mol. The molecule has 0 unspecified atom stereocenters. The normalized spacial score (nSPS) is 16.0. The maximum Gasteiger partial charge on any atom is 0.410 e. The minimum Gasteiger partial charge on any atom is -0.466 e. The zero-order valence-corrected chi connectivity index (χ0v) is 17.5. The van der Waals surface area contributed by atoms with E-state index in [1.165, 1.54) is 7.11 Å². The first kappa shape index (κ1) is 20.8. The van der Waals surface area contributed by atoms with E-state index >= 15 is 0 Å². The van der Waals surface area contributed by atoms with Crippen molar-refractivity contribution in [3.63, 3.8) is 0 Å². The van der Waals surface area contributed by atoms with E-state index < -0.39 is 5.60 Å². The molecule has 1 aliphatic rings. The molecule has 1 aromatic heterocycles. The fourth-order valence-corrected chi connectivity index (χ4v) is 3.55. The van der Waals surface area contributed by atoms with E-state index in [-0.39, 0.29) is 18.0 Å². The number of esters is 1. The molecule has 1 fully saturated rings. The lowest BCUT2D eigenvalue weighted by Crippen LogP contribution is -2.41. The number of pyridine rings is 1. The summed E-state index contributed by atoms with van der Waals surface area (Å²) in [6, 6.07) is 9.94. The molecule has 0 spiro atoms. The highest BCUT2D eigenvalue weighted by atomic mass is 16.6.